The first-order valence-corrected chi connectivity index (χ1v) is 11.8. The lowest BCUT2D eigenvalue weighted by molar-refractivity contribution is -0.124. The Morgan fingerprint density at radius 2 is 1.59 bits per heavy atom. The molecular weight excluding hydrogens is 464 g/mol. The second-order valence-electron chi connectivity index (χ2n) is 8.49. The van der Waals surface area contributed by atoms with E-state index < -0.39 is 5.91 Å². The Hall–Kier alpha value is -4.95. The summed E-state index contributed by atoms with van der Waals surface area (Å²) in [5, 5.41) is 16.3. The van der Waals surface area contributed by atoms with Gasteiger partial charge < -0.3 is 15.6 Å². The Kier molecular flexibility index (Phi) is 7.19. The van der Waals surface area contributed by atoms with E-state index in [0.29, 0.717) is 13.1 Å². The van der Waals surface area contributed by atoms with Crippen LogP contribution < -0.4 is 16.1 Å². The summed E-state index contributed by atoms with van der Waals surface area (Å²) in [6.07, 6.45) is 4.48. The number of hydrogen-bond acceptors (Lipinski definition) is 6. The fraction of sp³-hybridized carbons (Fsp3) is 0.0690. The van der Waals surface area contributed by atoms with Gasteiger partial charge in [0.25, 0.3) is 5.91 Å². The predicted molar refractivity (Wildman–Crippen MR) is 146 cm³/mol. The number of carbonyl (C=O) groups is 1. The highest BCUT2D eigenvalue weighted by atomic mass is 16.5. The number of hydrogen-bond donors (Lipinski definition) is 5. The Morgan fingerprint density at radius 3 is 2.35 bits per heavy atom. The van der Waals surface area contributed by atoms with Gasteiger partial charge in [0.15, 0.2) is 0 Å². The molecule has 0 radical (unpaired) electrons. The molecule has 5 rings (SSSR count). The van der Waals surface area contributed by atoms with Crippen LogP contribution in [0.1, 0.15) is 16.7 Å². The quantitative estimate of drug-likeness (QED) is 0.108. The molecule has 0 aliphatic carbocycles. The first-order chi connectivity index (χ1) is 18.2. The number of rotatable bonds is 9. The number of nitrogens with one attached hydrogen (secondary N) is 4. The van der Waals surface area contributed by atoms with E-state index in [9.17, 15) is 4.79 Å². The number of nitrogens with zero attached hydrogens (tertiary/aromatic N) is 2. The summed E-state index contributed by atoms with van der Waals surface area (Å²) < 4.78 is 0. The molecule has 3 aromatic carbocycles. The third-order valence-corrected chi connectivity index (χ3v) is 5.94. The first-order valence-electron chi connectivity index (χ1n) is 11.8. The molecule has 0 saturated heterocycles. The minimum absolute atomic E-state index is 0.560. The summed E-state index contributed by atoms with van der Waals surface area (Å²) in [5.41, 5.74) is 8.57. The van der Waals surface area contributed by atoms with Crippen LogP contribution in [0.15, 0.2) is 97.3 Å². The van der Waals surface area contributed by atoms with Crippen molar-refractivity contribution >= 4 is 34.5 Å². The molecule has 8 nitrogen and oxygen atoms in total. The van der Waals surface area contributed by atoms with Crippen LogP contribution in [-0.4, -0.2) is 26.1 Å². The van der Waals surface area contributed by atoms with Gasteiger partial charge in [-0.25, -0.2) is 15.4 Å². The smallest absolute Gasteiger partial charge is 0.267 e. The van der Waals surface area contributed by atoms with Crippen molar-refractivity contribution in [2.75, 3.05) is 10.6 Å². The molecule has 0 fully saturated rings. The van der Waals surface area contributed by atoms with Crippen LogP contribution in [0, 0.1) is 0 Å². The van der Waals surface area contributed by atoms with Crippen LogP contribution in [0.3, 0.4) is 0 Å². The Morgan fingerprint density at radius 1 is 0.865 bits per heavy atom. The van der Waals surface area contributed by atoms with E-state index in [1.807, 2.05) is 54.6 Å². The zero-order chi connectivity index (χ0) is 25.5. The highest BCUT2D eigenvalue weighted by Crippen LogP contribution is 2.28. The fourth-order valence-corrected chi connectivity index (χ4v) is 3.95. The maximum Gasteiger partial charge on any atom is 0.267 e. The molecule has 37 heavy (non-hydrogen) atoms. The number of carbonyl (C=O) groups excluding carboxylic acids is 1. The second kappa shape index (κ2) is 11.2. The largest absolute Gasteiger partial charge is 0.381 e. The van der Waals surface area contributed by atoms with Crippen molar-refractivity contribution in [1.82, 2.24) is 20.4 Å². The molecule has 5 aromatic rings. The van der Waals surface area contributed by atoms with E-state index >= 15 is 0 Å². The van der Waals surface area contributed by atoms with Crippen molar-refractivity contribution in [3.63, 3.8) is 0 Å². The van der Waals surface area contributed by atoms with Crippen molar-refractivity contribution in [3.8, 4) is 11.3 Å². The average Bonchev–Trinajstić information content (AvgIpc) is 3.40. The Bertz CT molecular complexity index is 1510. The van der Waals surface area contributed by atoms with E-state index in [1.54, 1.807) is 17.9 Å². The number of H-pyrrole nitrogens is 1. The number of fused-ring (bicyclic) bond motifs is 1. The van der Waals surface area contributed by atoms with Gasteiger partial charge in [-0.1, -0.05) is 66.7 Å². The number of aromatic amines is 1. The van der Waals surface area contributed by atoms with Crippen molar-refractivity contribution in [3.05, 3.63) is 114 Å². The van der Waals surface area contributed by atoms with Gasteiger partial charge in [0.05, 0.1) is 5.39 Å². The normalized spacial score (nSPS) is 11.1. The minimum atomic E-state index is -0.560. The lowest BCUT2D eigenvalue weighted by Crippen LogP contribution is -2.14. The van der Waals surface area contributed by atoms with Gasteiger partial charge in [0, 0.05) is 30.5 Å². The van der Waals surface area contributed by atoms with Gasteiger partial charge >= 0.3 is 0 Å². The molecule has 0 unspecified atom stereocenters. The van der Waals surface area contributed by atoms with E-state index in [1.165, 1.54) is 11.6 Å². The standard InChI is InChI=1S/C29H26N6O2/c36-27(35-37)15-10-20-6-8-22(9-7-20)17-30-24-13-11-23(12-14-24)26-16-25-28(32-19-33-29(25)34-26)31-18-21-4-2-1-3-5-21/h1-16,19,30,37H,17-18H2,(H,35,36)(H2,31,32,33,34)/b15-10+. The number of amides is 1. The van der Waals surface area contributed by atoms with Gasteiger partial charge in [-0.15, -0.1) is 0 Å². The fourth-order valence-electron chi connectivity index (χ4n) is 3.95. The molecule has 0 atom stereocenters. The molecule has 0 aliphatic rings. The summed E-state index contributed by atoms with van der Waals surface area (Å²) in [5.74, 6) is 0.238. The molecule has 0 bridgehead atoms. The minimum Gasteiger partial charge on any atom is -0.381 e. The molecule has 2 heterocycles. The number of anilines is 2. The number of hydroxylamine groups is 1. The van der Waals surface area contributed by atoms with Crippen LogP contribution in [0.25, 0.3) is 28.4 Å². The first kappa shape index (κ1) is 23.8. The van der Waals surface area contributed by atoms with Crippen molar-refractivity contribution in [1.29, 1.82) is 0 Å². The third-order valence-electron chi connectivity index (χ3n) is 5.94. The summed E-state index contributed by atoms with van der Waals surface area (Å²) in [7, 11) is 0. The average molecular weight is 491 g/mol. The molecule has 5 N–H and O–H groups in total. The van der Waals surface area contributed by atoms with Gasteiger partial charge in [-0.3, -0.25) is 10.0 Å². The predicted octanol–water partition coefficient (Wildman–Crippen LogP) is 5.37. The lowest BCUT2D eigenvalue weighted by Gasteiger charge is -2.08. The van der Waals surface area contributed by atoms with Crippen molar-refractivity contribution < 1.29 is 10.0 Å². The van der Waals surface area contributed by atoms with Gasteiger partial charge in [0.2, 0.25) is 0 Å². The zero-order valence-electron chi connectivity index (χ0n) is 20.0. The number of benzene rings is 3. The second-order valence-corrected chi connectivity index (χ2v) is 8.49. The van der Waals surface area contributed by atoms with Crippen LogP contribution in [0.5, 0.6) is 0 Å². The summed E-state index contributed by atoms with van der Waals surface area (Å²) in [4.78, 5) is 23.3. The SMILES string of the molecule is O=C(/C=C/c1ccc(CNc2ccc(-c3cc4c(NCc5ccccc5)ncnc4[nH]3)cc2)cc1)NO. The van der Waals surface area contributed by atoms with Crippen LogP contribution in [-0.2, 0) is 17.9 Å². The molecule has 184 valence electrons. The molecule has 8 heteroatoms. The molecular formula is C29H26N6O2. The molecule has 1 amide bonds. The molecule has 0 aliphatic heterocycles. The monoisotopic (exact) mass is 490 g/mol. The third kappa shape index (κ3) is 6.01. The maximum absolute atomic E-state index is 11.1. The van der Waals surface area contributed by atoms with E-state index in [2.05, 4.69) is 55.9 Å². The van der Waals surface area contributed by atoms with Crippen molar-refractivity contribution in [2.24, 2.45) is 0 Å². The Labute approximate surface area is 214 Å². The summed E-state index contributed by atoms with van der Waals surface area (Å²) in [6.45, 7) is 1.35. The van der Waals surface area contributed by atoms with Gasteiger partial charge in [-0.05, 0) is 46.5 Å². The van der Waals surface area contributed by atoms with Crippen molar-refractivity contribution in [2.45, 2.75) is 13.1 Å². The number of aromatic nitrogens is 3. The highest BCUT2D eigenvalue weighted by Gasteiger charge is 2.09. The van der Waals surface area contributed by atoms with Crippen LogP contribution in [0.2, 0.25) is 0 Å². The van der Waals surface area contributed by atoms with E-state index in [0.717, 1.165) is 44.9 Å². The lowest BCUT2D eigenvalue weighted by atomic mass is 10.1. The van der Waals surface area contributed by atoms with Gasteiger partial charge in [-0.2, -0.15) is 0 Å². The topological polar surface area (TPSA) is 115 Å². The van der Waals surface area contributed by atoms with E-state index in [4.69, 9.17) is 5.21 Å². The molecule has 0 spiro atoms. The van der Waals surface area contributed by atoms with Gasteiger partial charge in [0.1, 0.15) is 17.8 Å². The van der Waals surface area contributed by atoms with E-state index in [-0.39, 0.29) is 0 Å². The maximum atomic E-state index is 11.1. The summed E-state index contributed by atoms with van der Waals surface area (Å²) >= 11 is 0. The van der Waals surface area contributed by atoms with Crippen LogP contribution in [0.4, 0.5) is 11.5 Å². The molecule has 0 saturated carbocycles. The highest BCUT2D eigenvalue weighted by molar-refractivity contribution is 5.92. The van der Waals surface area contributed by atoms with Crippen LogP contribution >= 0.6 is 0 Å². The zero-order valence-corrected chi connectivity index (χ0v) is 20.0. The Balaban J connectivity index is 1.22. The molecule has 2 aromatic heterocycles. The summed E-state index contributed by atoms with van der Waals surface area (Å²) in [6, 6.07) is 28.3.